The van der Waals surface area contributed by atoms with Gasteiger partial charge in [-0.15, -0.1) is 0 Å². The van der Waals surface area contributed by atoms with E-state index in [9.17, 15) is 0 Å². The second-order valence-electron chi connectivity index (χ2n) is 4.39. The Morgan fingerprint density at radius 1 is 1.44 bits per heavy atom. The second kappa shape index (κ2) is 5.16. The standard InChI is InChI=1S/C12H20N4/c1-15(9-10-16-7-2-3-8-16)12-11(13)5-4-6-14-12/h4-6H,2-3,7-10,13H2,1H3. The predicted octanol–water partition coefficient (Wildman–Crippen LogP) is 1.20. The fraction of sp³-hybridized carbons (Fsp3) is 0.583. The molecule has 16 heavy (non-hydrogen) atoms. The number of likely N-dealkylation sites (tertiary alicyclic amines) is 1. The largest absolute Gasteiger partial charge is 0.396 e. The highest BCUT2D eigenvalue weighted by atomic mass is 15.2. The average Bonchev–Trinajstić information content (AvgIpc) is 2.79. The third-order valence-corrected chi connectivity index (χ3v) is 3.13. The molecule has 0 atom stereocenters. The van der Waals surface area contributed by atoms with Crippen LogP contribution in [-0.2, 0) is 0 Å². The number of nitrogen functional groups attached to an aromatic ring is 1. The third kappa shape index (κ3) is 2.64. The molecule has 0 spiro atoms. The summed E-state index contributed by atoms with van der Waals surface area (Å²) in [7, 11) is 2.05. The third-order valence-electron chi connectivity index (χ3n) is 3.13. The predicted molar refractivity (Wildman–Crippen MR) is 67.6 cm³/mol. The van der Waals surface area contributed by atoms with E-state index < -0.39 is 0 Å². The van der Waals surface area contributed by atoms with E-state index in [1.807, 2.05) is 12.1 Å². The van der Waals surface area contributed by atoms with Crippen molar-refractivity contribution in [2.24, 2.45) is 0 Å². The van der Waals surface area contributed by atoms with Crippen LogP contribution in [0, 0.1) is 0 Å². The number of hydrogen-bond acceptors (Lipinski definition) is 4. The monoisotopic (exact) mass is 220 g/mol. The van der Waals surface area contributed by atoms with E-state index in [0.29, 0.717) is 0 Å². The van der Waals surface area contributed by atoms with E-state index in [2.05, 4.69) is 21.8 Å². The summed E-state index contributed by atoms with van der Waals surface area (Å²) in [6.07, 6.45) is 4.48. The number of aromatic nitrogens is 1. The Kier molecular flexibility index (Phi) is 3.62. The van der Waals surface area contributed by atoms with E-state index in [-0.39, 0.29) is 0 Å². The van der Waals surface area contributed by atoms with E-state index >= 15 is 0 Å². The SMILES string of the molecule is CN(CCN1CCCC1)c1ncccc1N. The highest BCUT2D eigenvalue weighted by molar-refractivity contribution is 5.61. The molecule has 1 fully saturated rings. The molecule has 0 amide bonds. The van der Waals surface area contributed by atoms with Crippen LogP contribution in [0.15, 0.2) is 18.3 Å². The number of nitrogens with two attached hydrogens (primary N) is 1. The van der Waals surface area contributed by atoms with Crippen LogP contribution in [0.2, 0.25) is 0 Å². The normalized spacial score (nSPS) is 16.6. The van der Waals surface area contributed by atoms with Crippen molar-refractivity contribution in [3.63, 3.8) is 0 Å². The molecule has 1 saturated heterocycles. The van der Waals surface area contributed by atoms with Crippen molar-refractivity contribution in [1.82, 2.24) is 9.88 Å². The molecule has 2 rings (SSSR count). The molecule has 0 aromatic carbocycles. The minimum atomic E-state index is 0.756. The van der Waals surface area contributed by atoms with E-state index in [4.69, 9.17) is 5.73 Å². The van der Waals surface area contributed by atoms with Crippen LogP contribution in [0.5, 0.6) is 0 Å². The molecule has 1 aromatic heterocycles. The maximum atomic E-state index is 5.89. The van der Waals surface area contributed by atoms with E-state index in [1.165, 1.54) is 25.9 Å². The van der Waals surface area contributed by atoms with Crippen LogP contribution < -0.4 is 10.6 Å². The minimum Gasteiger partial charge on any atom is -0.396 e. The zero-order valence-corrected chi connectivity index (χ0v) is 9.89. The molecule has 0 bridgehead atoms. The minimum absolute atomic E-state index is 0.756. The molecule has 0 radical (unpaired) electrons. The van der Waals surface area contributed by atoms with Gasteiger partial charge in [0.05, 0.1) is 5.69 Å². The Hall–Kier alpha value is -1.29. The summed E-state index contributed by atoms with van der Waals surface area (Å²) in [6, 6.07) is 3.77. The lowest BCUT2D eigenvalue weighted by atomic mass is 10.3. The number of likely N-dealkylation sites (N-methyl/N-ethyl adjacent to an activating group) is 1. The molecule has 0 unspecified atom stereocenters. The van der Waals surface area contributed by atoms with Gasteiger partial charge in [-0.05, 0) is 38.1 Å². The van der Waals surface area contributed by atoms with Crippen molar-refractivity contribution in [1.29, 1.82) is 0 Å². The molecule has 2 heterocycles. The van der Waals surface area contributed by atoms with Gasteiger partial charge in [0, 0.05) is 26.3 Å². The summed E-state index contributed by atoms with van der Waals surface area (Å²) in [5, 5.41) is 0. The zero-order valence-electron chi connectivity index (χ0n) is 9.89. The topological polar surface area (TPSA) is 45.4 Å². The van der Waals surface area contributed by atoms with Gasteiger partial charge < -0.3 is 15.5 Å². The van der Waals surface area contributed by atoms with Crippen LogP contribution in [0.4, 0.5) is 11.5 Å². The molecular formula is C12H20N4. The van der Waals surface area contributed by atoms with Crippen LogP contribution in [-0.4, -0.2) is 43.1 Å². The zero-order chi connectivity index (χ0) is 11.4. The second-order valence-corrected chi connectivity index (χ2v) is 4.39. The Labute approximate surface area is 97.1 Å². The number of rotatable bonds is 4. The summed E-state index contributed by atoms with van der Waals surface area (Å²) in [4.78, 5) is 8.93. The maximum Gasteiger partial charge on any atom is 0.151 e. The van der Waals surface area contributed by atoms with Crippen molar-refractivity contribution in [2.45, 2.75) is 12.8 Å². The summed E-state index contributed by atoms with van der Waals surface area (Å²) in [5.41, 5.74) is 6.64. The van der Waals surface area contributed by atoms with Crippen molar-refractivity contribution in [3.05, 3.63) is 18.3 Å². The maximum absolute atomic E-state index is 5.89. The van der Waals surface area contributed by atoms with E-state index in [1.54, 1.807) is 6.20 Å². The molecule has 4 nitrogen and oxygen atoms in total. The molecule has 1 aliphatic rings. The molecule has 4 heteroatoms. The lowest BCUT2D eigenvalue weighted by Gasteiger charge is -2.23. The van der Waals surface area contributed by atoms with Gasteiger partial charge in [0.2, 0.25) is 0 Å². The molecule has 0 saturated carbocycles. The Bertz CT molecular complexity index is 334. The molecule has 1 aromatic rings. The summed E-state index contributed by atoms with van der Waals surface area (Å²) >= 11 is 0. The van der Waals surface area contributed by atoms with Gasteiger partial charge in [-0.3, -0.25) is 0 Å². The highest BCUT2D eigenvalue weighted by Gasteiger charge is 2.13. The number of pyridine rings is 1. The first-order valence-corrected chi connectivity index (χ1v) is 5.91. The van der Waals surface area contributed by atoms with Gasteiger partial charge in [-0.2, -0.15) is 0 Å². The molecule has 1 aliphatic heterocycles. The van der Waals surface area contributed by atoms with Crippen molar-refractivity contribution < 1.29 is 0 Å². The van der Waals surface area contributed by atoms with Crippen molar-refractivity contribution in [3.8, 4) is 0 Å². The quantitative estimate of drug-likeness (QED) is 0.828. The summed E-state index contributed by atoms with van der Waals surface area (Å²) in [6.45, 7) is 4.57. The Balaban J connectivity index is 1.87. The van der Waals surface area contributed by atoms with Crippen LogP contribution in [0.1, 0.15) is 12.8 Å². The highest BCUT2D eigenvalue weighted by Crippen LogP contribution is 2.17. The number of anilines is 2. The summed E-state index contributed by atoms with van der Waals surface area (Å²) in [5.74, 6) is 0.890. The first-order valence-electron chi connectivity index (χ1n) is 5.91. The van der Waals surface area contributed by atoms with Gasteiger partial charge in [-0.1, -0.05) is 0 Å². The molecule has 0 aliphatic carbocycles. The Morgan fingerprint density at radius 2 is 2.19 bits per heavy atom. The first kappa shape index (κ1) is 11.2. The number of hydrogen-bond donors (Lipinski definition) is 1. The fourth-order valence-corrected chi connectivity index (χ4v) is 2.13. The smallest absolute Gasteiger partial charge is 0.151 e. The lowest BCUT2D eigenvalue weighted by molar-refractivity contribution is 0.346. The van der Waals surface area contributed by atoms with Crippen molar-refractivity contribution in [2.75, 3.05) is 43.9 Å². The Morgan fingerprint density at radius 3 is 2.88 bits per heavy atom. The first-order chi connectivity index (χ1) is 7.77. The van der Waals surface area contributed by atoms with Crippen LogP contribution in [0.25, 0.3) is 0 Å². The molecule has 88 valence electrons. The van der Waals surface area contributed by atoms with Gasteiger partial charge >= 0.3 is 0 Å². The fourth-order valence-electron chi connectivity index (χ4n) is 2.13. The van der Waals surface area contributed by atoms with E-state index in [0.717, 1.165) is 24.6 Å². The number of nitrogens with zero attached hydrogens (tertiary/aromatic N) is 3. The molecule has 2 N–H and O–H groups in total. The summed E-state index contributed by atoms with van der Waals surface area (Å²) < 4.78 is 0. The molecular weight excluding hydrogens is 200 g/mol. The lowest BCUT2D eigenvalue weighted by Crippen LogP contribution is -2.32. The van der Waals surface area contributed by atoms with Gasteiger partial charge in [0.1, 0.15) is 0 Å². The van der Waals surface area contributed by atoms with Crippen molar-refractivity contribution >= 4 is 11.5 Å². The van der Waals surface area contributed by atoms with Gasteiger partial charge in [-0.25, -0.2) is 4.98 Å². The average molecular weight is 220 g/mol. The van der Waals surface area contributed by atoms with Gasteiger partial charge in [0.15, 0.2) is 5.82 Å². The van der Waals surface area contributed by atoms with Gasteiger partial charge in [0.25, 0.3) is 0 Å². The van der Waals surface area contributed by atoms with Crippen LogP contribution >= 0.6 is 0 Å². The van der Waals surface area contributed by atoms with Crippen LogP contribution in [0.3, 0.4) is 0 Å².